The van der Waals surface area contributed by atoms with Gasteiger partial charge in [0.15, 0.2) is 5.75 Å². The molecule has 6 aromatic rings. The molecule has 56 heavy (non-hydrogen) atoms. The molecule has 0 fully saturated rings. The van der Waals surface area contributed by atoms with Crippen molar-refractivity contribution in [2.45, 2.75) is 21.6 Å². The Morgan fingerprint density at radius 3 is 2.05 bits per heavy atom. The van der Waals surface area contributed by atoms with Crippen LogP contribution in [0.2, 0.25) is 0 Å². The number of phenolic OH excluding ortho intramolecular Hbond substituents is 1. The fourth-order valence-electron chi connectivity index (χ4n) is 5.35. The van der Waals surface area contributed by atoms with E-state index in [9.17, 15) is 36.3 Å². The smallest absolute Gasteiger partial charge is 0.744 e. The van der Waals surface area contributed by atoms with Crippen molar-refractivity contribution in [3.8, 4) is 11.5 Å². The van der Waals surface area contributed by atoms with Gasteiger partial charge in [-0.15, -0.1) is 10.2 Å². The van der Waals surface area contributed by atoms with E-state index in [1.807, 2.05) is 30.3 Å². The second kappa shape index (κ2) is 20.5. The van der Waals surface area contributed by atoms with Gasteiger partial charge in [-0.05, 0) is 78.5 Å². The van der Waals surface area contributed by atoms with Gasteiger partial charge in [0, 0.05) is 33.6 Å². The van der Waals surface area contributed by atoms with Gasteiger partial charge in [-0.3, -0.25) is 5.04 Å². The van der Waals surface area contributed by atoms with Gasteiger partial charge in [0.2, 0.25) is 0 Å². The van der Waals surface area contributed by atoms with E-state index in [2.05, 4.69) is 35.1 Å². The normalized spacial score (nSPS) is 11.7. The average Bonchev–Trinajstić information content (AvgIpc) is 3.12. The second-order valence-corrected chi connectivity index (χ2v) is 14.6. The summed E-state index contributed by atoms with van der Waals surface area (Å²) in [6.07, 6.45) is 0. The topological polar surface area (TPSA) is 247 Å². The molecule has 6 rings (SSSR count). The first-order chi connectivity index (χ1) is 25.3. The summed E-state index contributed by atoms with van der Waals surface area (Å²) in [5, 5.41) is 45.8. The van der Waals surface area contributed by atoms with Crippen LogP contribution in [0, 0.1) is 6.92 Å². The number of phenols is 1. The molecular weight excluding hydrogens is 820 g/mol. The van der Waals surface area contributed by atoms with Crippen LogP contribution in [0.25, 0.3) is 21.5 Å². The van der Waals surface area contributed by atoms with Crippen LogP contribution in [0.1, 0.15) is 5.56 Å². The Morgan fingerprint density at radius 1 is 0.696 bits per heavy atom. The second-order valence-electron chi connectivity index (χ2n) is 11.1. The number of rotatable bonds is 12. The van der Waals surface area contributed by atoms with Gasteiger partial charge < -0.3 is 29.5 Å². The van der Waals surface area contributed by atoms with E-state index in [4.69, 9.17) is 4.74 Å². The predicted molar refractivity (Wildman–Crippen MR) is 189 cm³/mol. The number of hydrogen-bond acceptors (Lipinski definition) is 17. The third-order valence-electron chi connectivity index (χ3n) is 7.73. The molecule has 0 aliphatic rings. The summed E-state index contributed by atoms with van der Waals surface area (Å²) >= 11 is 0.511. The van der Waals surface area contributed by atoms with Gasteiger partial charge in [-0.25, -0.2) is 16.8 Å². The molecule has 0 unspecified atom stereocenters. The van der Waals surface area contributed by atoms with Gasteiger partial charge >= 0.3 is 88.7 Å². The Balaban J connectivity index is 0.00000280. The third-order valence-corrected chi connectivity index (χ3v) is 10.1. The molecule has 0 aromatic heterocycles. The van der Waals surface area contributed by atoms with Crippen LogP contribution in [-0.4, -0.2) is 38.2 Å². The van der Waals surface area contributed by atoms with Gasteiger partial charge in [0.05, 0.1) is 45.2 Å². The van der Waals surface area contributed by atoms with Gasteiger partial charge in [0.1, 0.15) is 37.4 Å². The number of anilines is 2. The zero-order chi connectivity index (χ0) is 37.9. The van der Waals surface area contributed by atoms with Crippen molar-refractivity contribution in [3.05, 3.63) is 103 Å². The van der Waals surface area contributed by atoms with Crippen molar-refractivity contribution >= 4 is 87.9 Å². The van der Waals surface area contributed by atoms with E-state index in [1.54, 1.807) is 31.2 Å². The molecular formula is C34H24N5Na3O11S3. The van der Waals surface area contributed by atoms with Crippen LogP contribution in [0.4, 0.5) is 34.1 Å². The number of nitrogens with one attached hydrogen (secondary N) is 1. The van der Waals surface area contributed by atoms with E-state index in [0.717, 1.165) is 35.6 Å². The molecule has 0 spiro atoms. The zero-order valence-corrected chi connectivity index (χ0v) is 38.7. The standard InChI is InChI=1S/C34H27N5O11S3.3Na/c1-19-13-28(38-39-33-30(51-50-49-41)15-20-14-22(11-12-24(20)34(33)40)35-21-7-4-3-5-8-21)29(48-2)18-27(19)37-36-23-16-26-25(32(17-23)53(45,46)47)9-6-10-31(26)52(42,43)44;;;/h3-18,35,40-41H,1-2H3,(H,42,43,44)(H,45,46,47);;;/q;3*+1/p-3. The summed E-state index contributed by atoms with van der Waals surface area (Å²) in [5.74, 6) is -0.127. The van der Waals surface area contributed by atoms with E-state index < -0.39 is 30.0 Å². The van der Waals surface area contributed by atoms with Gasteiger partial charge in [-0.1, -0.05) is 30.3 Å². The molecule has 0 radical (unpaired) electrons. The summed E-state index contributed by atoms with van der Waals surface area (Å²) in [5.41, 5.74) is 2.13. The number of benzene rings is 6. The number of aryl methyl sites for hydroxylation is 1. The Labute approximate surface area is 391 Å². The maximum absolute atomic E-state index is 12.1. The molecule has 0 aliphatic carbocycles. The fraction of sp³-hybridized carbons (Fsp3) is 0.0588. The summed E-state index contributed by atoms with van der Waals surface area (Å²) in [4.78, 5) is -1.33. The molecule has 0 heterocycles. The summed E-state index contributed by atoms with van der Waals surface area (Å²) < 4.78 is 81.9. The van der Waals surface area contributed by atoms with Crippen molar-refractivity contribution in [2.75, 3.05) is 12.4 Å². The van der Waals surface area contributed by atoms with Crippen LogP contribution >= 0.6 is 12.0 Å². The first-order valence-electron chi connectivity index (χ1n) is 15.0. The summed E-state index contributed by atoms with van der Waals surface area (Å²) in [6, 6.07) is 24.6. The van der Waals surface area contributed by atoms with Crippen LogP contribution in [0.5, 0.6) is 11.5 Å². The molecule has 0 saturated carbocycles. The molecule has 16 nitrogen and oxygen atoms in total. The number of aromatic hydroxyl groups is 1. The fourth-order valence-corrected chi connectivity index (χ4v) is 7.24. The monoisotopic (exact) mass is 843 g/mol. The first-order valence-corrected chi connectivity index (χ1v) is 18.6. The molecule has 6 aromatic carbocycles. The number of para-hydroxylation sites is 1. The van der Waals surface area contributed by atoms with Crippen LogP contribution in [-0.2, 0) is 29.6 Å². The maximum Gasteiger partial charge on any atom is 1.00 e. The Bertz CT molecular complexity index is 2670. The van der Waals surface area contributed by atoms with Crippen LogP contribution in [0.15, 0.2) is 132 Å². The zero-order valence-electron chi connectivity index (χ0n) is 30.3. The minimum Gasteiger partial charge on any atom is -0.744 e. The number of fused-ring (bicyclic) bond motifs is 2. The van der Waals surface area contributed by atoms with Crippen molar-refractivity contribution in [3.63, 3.8) is 0 Å². The molecule has 0 aliphatic heterocycles. The molecule has 22 heteroatoms. The quantitative estimate of drug-likeness (QED) is 0.0362. The first kappa shape index (κ1) is 47.9. The molecule has 0 amide bonds. The van der Waals surface area contributed by atoms with Crippen LogP contribution < -0.4 is 104 Å². The number of azo groups is 2. The minimum atomic E-state index is -5.13. The Morgan fingerprint density at radius 2 is 1.39 bits per heavy atom. The SMILES string of the molecule is COc1cc(N=Nc2cc(S(=O)(=O)[O-])c3cccc(S(=O)(=O)[O-])c3c2)c(C)cc1N=Nc1c(SOO[O-])cc2cc(Nc3ccccc3)ccc2c1O.[Na+].[Na+].[Na+]. The molecule has 0 saturated heterocycles. The number of hydrogen-bond donors (Lipinski definition) is 2. The Hall–Kier alpha value is -2.51. The minimum absolute atomic E-state index is 0. The molecule has 0 atom stereocenters. The largest absolute Gasteiger partial charge is 1.00 e. The van der Waals surface area contributed by atoms with Crippen molar-refractivity contribution in [1.82, 2.24) is 0 Å². The van der Waals surface area contributed by atoms with E-state index >= 15 is 0 Å². The number of ether oxygens (including phenoxy) is 1. The summed E-state index contributed by atoms with van der Waals surface area (Å²) in [6.45, 7) is 1.64. The van der Waals surface area contributed by atoms with E-state index in [1.165, 1.54) is 25.3 Å². The van der Waals surface area contributed by atoms with Gasteiger partial charge in [-0.2, -0.15) is 14.6 Å². The average molecular weight is 844 g/mol. The van der Waals surface area contributed by atoms with E-state index in [0.29, 0.717) is 28.4 Å². The molecule has 272 valence electrons. The van der Waals surface area contributed by atoms with Crippen molar-refractivity contribution < 1.29 is 139 Å². The Kier molecular flexibility index (Phi) is 17.5. The molecule has 0 bridgehead atoms. The third kappa shape index (κ3) is 11.2. The van der Waals surface area contributed by atoms with E-state index in [-0.39, 0.29) is 139 Å². The van der Waals surface area contributed by atoms with Crippen LogP contribution in [0.3, 0.4) is 0 Å². The maximum atomic E-state index is 12.1. The summed E-state index contributed by atoms with van der Waals surface area (Å²) in [7, 11) is -8.84. The van der Waals surface area contributed by atoms with Crippen molar-refractivity contribution in [2.24, 2.45) is 20.5 Å². The molecule has 2 N–H and O–H groups in total. The number of nitrogens with zero attached hydrogens (tertiary/aromatic N) is 4. The van der Waals surface area contributed by atoms with Crippen molar-refractivity contribution in [1.29, 1.82) is 0 Å². The number of methoxy groups -OCH3 is 1. The van der Waals surface area contributed by atoms with Gasteiger partial charge in [0.25, 0.3) is 0 Å². The predicted octanol–water partition coefficient (Wildman–Crippen LogP) is -1.36.